The fourth-order valence-electron chi connectivity index (χ4n) is 5.67. The van der Waals surface area contributed by atoms with Gasteiger partial charge in [0.15, 0.2) is 0 Å². The molecule has 4 rings (SSSR count). The molecule has 2 saturated heterocycles. The van der Waals surface area contributed by atoms with Crippen molar-refractivity contribution >= 4 is 12.0 Å². The Morgan fingerprint density at radius 3 is 2.38 bits per heavy atom. The van der Waals surface area contributed by atoms with Gasteiger partial charge in [0, 0.05) is 25.1 Å². The predicted octanol–water partition coefficient (Wildman–Crippen LogP) is 1.81. The molecule has 2 amide bonds. The molecule has 0 radical (unpaired) electrons. The van der Waals surface area contributed by atoms with Crippen molar-refractivity contribution in [3.63, 3.8) is 0 Å². The number of rotatable bonds is 9. The van der Waals surface area contributed by atoms with Crippen LogP contribution < -0.4 is 16.1 Å². The highest BCUT2D eigenvalue weighted by Gasteiger charge is 2.66. The Bertz CT molecular complexity index is 760. The largest absolute Gasteiger partial charge is 0.443 e. The molecule has 10 heteroatoms. The Labute approximate surface area is 201 Å². The smallest absolute Gasteiger partial charge is 0.407 e. The predicted molar refractivity (Wildman–Crippen MR) is 122 cm³/mol. The van der Waals surface area contributed by atoms with Crippen molar-refractivity contribution < 1.29 is 33.7 Å². The molecule has 192 valence electrons. The van der Waals surface area contributed by atoms with Gasteiger partial charge in [-0.3, -0.25) is 4.79 Å². The zero-order valence-corrected chi connectivity index (χ0v) is 20.4. The molecule has 2 heterocycles. The number of alkyl carbamates (subject to hydrolysis) is 1. The number of amides is 2. The van der Waals surface area contributed by atoms with E-state index in [-0.39, 0.29) is 60.5 Å². The van der Waals surface area contributed by atoms with Crippen molar-refractivity contribution in [1.82, 2.24) is 16.1 Å². The summed E-state index contributed by atoms with van der Waals surface area (Å²) in [4.78, 5) is 24.3. The highest BCUT2D eigenvalue weighted by atomic mass is 16.6. The Hall–Kier alpha value is -1.72. The lowest BCUT2D eigenvalue weighted by Crippen LogP contribution is -2.53. The van der Waals surface area contributed by atoms with Gasteiger partial charge >= 0.3 is 6.09 Å². The van der Waals surface area contributed by atoms with Gasteiger partial charge in [-0.15, -0.1) is 0 Å². The minimum atomic E-state index is -0.423. The molecule has 4 N–H and O–H groups in total. The van der Waals surface area contributed by atoms with Crippen LogP contribution in [0.5, 0.6) is 0 Å². The number of carbonyl (C=O) groups excluding carboxylic acids is 2. The van der Waals surface area contributed by atoms with E-state index < -0.39 is 6.09 Å². The van der Waals surface area contributed by atoms with Crippen LogP contribution in [0.4, 0.5) is 4.79 Å². The van der Waals surface area contributed by atoms with Crippen LogP contribution in [0.15, 0.2) is 11.6 Å². The molecule has 0 aromatic rings. The molecule has 2 aliphatic carbocycles. The van der Waals surface area contributed by atoms with Crippen LogP contribution >= 0.6 is 0 Å². The summed E-state index contributed by atoms with van der Waals surface area (Å²) in [5, 5.41) is 14.5. The quantitative estimate of drug-likeness (QED) is 0.223. The Kier molecular flexibility index (Phi) is 8.14. The van der Waals surface area contributed by atoms with E-state index in [1.54, 1.807) is 7.11 Å². The first-order valence-corrected chi connectivity index (χ1v) is 12.4. The van der Waals surface area contributed by atoms with Crippen molar-refractivity contribution in [3.05, 3.63) is 11.6 Å². The highest BCUT2D eigenvalue weighted by Crippen LogP contribution is 2.54. The third-order valence-corrected chi connectivity index (χ3v) is 7.61. The molecule has 0 aromatic heterocycles. The fraction of sp³-hybridized carbons (Fsp3) is 0.833. The zero-order chi connectivity index (χ0) is 24.3. The first-order chi connectivity index (χ1) is 16.3. The van der Waals surface area contributed by atoms with E-state index in [0.29, 0.717) is 13.0 Å². The molecule has 2 saturated carbocycles. The van der Waals surface area contributed by atoms with Crippen molar-refractivity contribution in [1.29, 1.82) is 0 Å². The molecule has 1 spiro atoms. The number of allylic oxidation sites excluding steroid dienone is 1. The topological polar surface area (TPSA) is 134 Å². The summed E-state index contributed by atoms with van der Waals surface area (Å²) in [5.74, 6) is -0.192. The second-order valence-electron chi connectivity index (χ2n) is 10.3. The first kappa shape index (κ1) is 25.4. The molecular weight excluding hydrogens is 442 g/mol. The summed E-state index contributed by atoms with van der Waals surface area (Å²) < 4.78 is 23.7. The number of carbonyl (C=O) groups is 2. The minimum Gasteiger partial charge on any atom is -0.443 e. The summed E-state index contributed by atoms with van der Waals surface area (Å²) in [5.41, 5.74) is 2.92. The number of hydrogen-bond acceptors (Lipinski definition) is 8. The van der Waals surface area contributed by atoms with E-state index >= 15 is 0 Å². The second kappa shape index (κ2) is 10.9. The van der Waals surface area contributed by atoms with Crippen LogP contribution in [-0.2, 0) is 23.7 Å². The highest BCUT2D eigenvalue weighted by molar-refractivity contribution is 5.78. The summed E-state index contributed by atoms with van der Waals surface area (Å²) in [6, 6.07) is 0.0646. The summed E-state index contributed by atoms with van der Waals surface area (Å²) in [7, 11) is 1.67. The number of methoxy groups -OCH3 is 1. The number of hydrogen-bond donors (Lipinski definition) is 4. The normalized spacial score (nSPS) is 38.6. The Balaban J connectivity index is 1.27. The standard InChI is InChI=1S/C24H39N3O7/c1-14(2)4-9-17-22(33-17)20-21(31-3)18(10-11-24(20)13-32-24)34-23(29)27-16-7-5-15(6-8-16)26-19(28)12-25-30/h4,15-18,20-22,25,30H,5-13H2,1-3H3,(H,26,28)(H,27,29)/t15-,16-,17-,18?,20?,21?,22+,24+/m1/s1. The number of nitrogens with one attached hydrogen (secondary N) is 3. The molecule has 4 fully saturated rings. The van der Waals surface area contributed by atoms with Crippen LogP contribution in [0.25, 0.3) is 0 Å². The molecule has 2 aliphatic heterocycles. The van der Waals surface area contributed by atoms with Gasteiger partial charge in [-0.05, 0) is 58.8 Å². The van der Waals surface area contributed by atoms with Crippen molar-refractivity contribution in [2.24, 2.45) is 5.92 Å². The third-order valence-electron chi connectivity index (χ3n) is 7.61. The zero-order valence-electron chi connectivity index (χ0n) is 20.4. The molecule has 10 nitrogen and oxygen atoms in total. The van der Waals surface area contributed by atoms with Gasteiger partial charge in [-0.25, -0.2) is 4.79 Å². The van der Waals surface area contributed by atoms with Crippen LogP contribution in [0.3, 0.4) is 0 Å². The summed E-state index contributed by atoms with van der Waals surface area (Å²) in [6.07, 6.45) is 6.83. The molecule has 3 unspecified atom stereocenters. The lowest BCUT2D eigenvalue weighted by atomic mass is 9.73. The van der Waals surface area contributed by atoms with E-state index in [4.69, 9.17) is 24.2 Å². The van der Waals surface area contributed by atoms with E-state index in [9.17, 15) is 9.59 Å². The molecule has 34 heavy (non-hydrogen) atoms. The fourth-order valence-corrected chi connectivity index (χ4v) is 5.67. The molecule has 6 atom stereocenters. The van der Waals surface area contributed by atoms with Crippen molar-refractivity contribution in [2.45, 2.75) is 101 Å². The average molecular weight is 482 g/mol. The van der Waals surface area contributed by atoms with E-state index in [1.165, 1.54) is 5.57 Å². The summed E-state index contributed by atoms with van der Waals surface area (Å²) >= 11 is 0. The number of epoxide rings is 2. The number of hydroxylamine groups is 1. The Morgan fingerprint density at radius 2 is 1.79 bits per heavy atom. The molecular formula is C24H39N3O7. The second-order valence-corrected chi connectivity index (χ2v) is 10.3. The van der Waals surface area contributed by atoms with Crippen LogP contribution in [0.2, 0.25) is 0 Å². The summed E-state index contributed by atoms with van der Waals surface area (Å²) in [6.45, 7) is 4.75. The molecule has 0 bridgehead atoms. The lowest BCUT2D eigenvalue weighted by molar-refractivity contribution is -0.122. The molecule has 4 aliphatic rings. The maximum Gasteiger partial charge on any atom is 0.407 e. The van der Waals surface area contributed by atoms with Crippen LogP contribution in [0, 0.1) is 5.92 Å². The van der Waals surface area contributed by atoms with E-state index in [2.05, 4.69) is 30.6 Å². The van der Waals surface area contributed by atoms with Gasteiger partial charge in [-0.1, -0.05) is 11.6 Å². The lowest BCUT2D eigenvalue weighted by Gasteiger charge is -2.40. The van der Waals surface area contributed by atoms with Crippen molar-refractivity contribution in [2.75, 3.05) is 20.3 Å². The van der Waals surface area contributed by atoms with Gasteiger partial charge in [0.2, 0.25) is 5.91 Å². The van der Waals surface area contributed by atoms with E-state index in [1.807, 2.05) is 5.48 Å². The third kappa shape index (κ3) is 6.09. The minimum absolute atomic E-state index is 0.00956. The van der Waals surface area contributed by atoms with Crippen molar-refractivity contribution in [3.8, 4) is 0 Å². The SMILES string of the molecule is COC1C(OC(=O)N[C@H]2CC[C@H](NC(=O)CNO)CC2)CC[C@]2(CO2)C1[C@H]1O[C@@H]1CC=C(C)C. The molecule has 0 aromatic carbocycles. The van der Waals surface area contributed by atoms with E-state index in [0.717, 1.165) is 38.5 Å². The van der Waals surface area contributed by atoms with Crippen LogP contribution in [-0.4, -0.2) is 79.6 Å². The van der Waals surface area contributed by atoms with Gasteiger partial charge in [0.05, 0.1) is 31.0 Å². The van der Waals surface area contributed by atoms with Gasteiger partial charge in [0.25, 0.3) is 0 Å². The maximum absolute atomic E-state index is 12.7. The first-order valence-electron chi connectivity index (χ1n) is 12.4. The Morgan fingerprint density at radius 1 is 1.12 bits per heavy atom. The van der Waals surface area contributed by atoms with Gasteiger partial charge in [-0.2, -0.15) is 5.48 Å². The maximum atomic E-state index is 12.7. The number of ether oxygens (including phenoxy) is 4. The monoisotopic (exact) mass is 481 g/mol. The van der Waals surface area contributed by atoms with Gasteiger partial charge in [0.1, 0.15) is 12.2 Å². The van der Waals surface area contributed by atoms with Crippen LogP contribution in [0.1, 0.15) is 58.8 Å². The average Bonchev–Trinajstić information content (AvgIpc) is 3.72. The van der Waals surface area contributed by atoms with Gasteiger partial charge < -0.3 is 34.8 Å².